The van der Waals surface area contributed by atoms with Crippen LogP contribution in [0.3, 0.4) is 0 Å². The number of rotatable bonds is 7. The van der Waals surface area contributed by atoms with Gasteiger partial charge in [0.2, 0.25) is 6.29 Å². The lowest BCUT2D eigenvalue weighted by atomic mass is 10.0. The van der Waals surface area contributed by atoms with Crippen LogP contribution in [-0.2, 0) is 16.0 Å². The molecule has 6 heteroatoms. The Hall–Kier alpha value is -3.22. The zero-order valence-electron chi connectivity index (χ0n) is 19.2. The standard InChI is InChI=1S/C27H30N4O2/c1-19-16-20(2)31(30-19)15-9-10-21-17-32-27(33-18-21)26-28-24(22-11-5-3-6-12-22)25(29-26)23-13-7-4-8-14-23/h3-8,11-14,16,21,27H,9-10,15,17-18H2,1-2H3,(H,28,29). The zero-order valence-corrected chi connectivity index (χ0v) is 19.2. The van der Waals surface area contributed by atoms with Gasteiger partial charge in [-0.1, -0.05) is 60.7 Å². The average Bonchev–Trinajstić information content (AvgIpc) is 3.44. The van der Waals surface area contributed by atoms with Gasteiger partial charge in [-0.15, -0.1) is 0 Å². The number of aromatic nitrogens is 4. The van der Waals surface area contributed by atoms with E-state index in [1.165, 1.54) is 5.69 Å². The first kappa shape index (κ1) is 21.6. The quantitative estimate of drug-likeness (QED) is 0.399. The molecule has 0 amide bonds. The zero-order chi connectivity index (χ0) is 22.6. The van der Waals surface area contributed by atoms with Gasteiger partial charge in [-0.2, -0.15) is 5.10 Å². The molecule has 0 bridgehead atoms. The van der Waals surface area contributed by atoms with Crippen LogP contribution < -0.4 is 0 Å². The van der Waals surface area contributed by atoms with E-state index in [0.29, 0.717) is 25.0 Å². The number of nitrogens with zero attached hydrogens (tertiary/aromatic N) is 3. The molecule has 0 saturated carbocycles. The van der Waals surface area contributed by atoms with Gasteiger partial charge in [0.1, 0.15) is 0 Å². The smallest absolute Gasteiger partial charge is 0.217 e. The van der Waals surface area contributed by atoms with Crippen molar-refractivity contribution in [3.63, 3.8) is 0 Å². The molecule has 2 aromatic heterocycles. The highest BCUT2D eigenvalue weighted by Crippen LogP contribution is 2.34. The number of H-pyrrole nitrogens is 1. The molecular weight excluding hydrogens is 412 g/mol. The van der Waals surface area contributed by atoms with Crippen molar-refractivity contribution < 1.29 is 9.47 Å². The van der Waals surface area contributed by atoms with E-state index in [9.17, 15) is 0 Å². The number of ether oxygens (including phenoxy) is 2. The van der Waals surface area contributed by atoms with Gasteiger partial charge < -0.3 is 14.5 Å². The Morgan fingerprint density at radius 1 is 0.939 bits per heavy atom. The van der Waals surface area contributed by atoms with Gasteiger partial charge in [-0.05, 0) is 32.8 Å². The van der Waals surface area contributed by atoms with Crippen molar-refractivity contribution in [2.75, 3.05) is 13.2 Å². The van der Waals surface area contributed by atoms with Gasteiger partial charge in [0.05, 0.1) is 30.3 Å². The first-order chi connectivity index (χ1) is 16.2. The Morgan fingerprint density at radius 2 is 1.61 bits per heavy atom. The summed E-state index contributed by atoms with van der Waals surface area (Å²) < 4.78 is 14.3. The molecule has 6 nitrogen and oxygen atoms in total. The second kappa shape index (κ2) is 9.73. The Balaban J connectivity index is 1.25. The highest BCUT2D eigenvalue weighted by molar-refractivity contribution is 5.78. The summed E-state index contributed by atoms with van der Waals surface area (Å²) in [7, 11) is 0. The van der Waals surface area contributed by atoms with Crippen molar-refractivity contribution in [2.24, 2.45) is 5.92 Å². The topological polar surface area (TPSA) is 65.0 Å². The summed E-state index contributed by atoms with van der Waals surface area (Å²) in [6, 6.07) is 22.6. The lowest BCUT2D eigenvalue weighted by Gasteiger charge is -2.28. The van der Waals surface area contributed by atoms with E-state index < -0.39 is 6.29 Å². The molecule has 1 aliphatic rings. The number of hydrogen-bond acceptors (Lipinski definition) is 4. The molecule has 33 heavy (non-hydrogen) atoms. The SMILES string of the molecule is Cc1cc(C)n(CCCC2COC(c3nc(-c4ccccc4)c(-c4ccccc4)[nH]3)OC2)n1. The first-order valence-electron chi connectivity index (χ1n) is 11.6. The third kappa shape index (κ3) is 4.92. The first-order valence-corrected chi connectivity index (χ1v) is 11.6. The van der Waals surface area contributed by atoms with Crippen molar-refractivity contribution >= 4 is 0 Å². The van der Waals surface area contributed by atoms with Crippen LogP contribution in [0.1, 0.15) is 36.3 Å². The maximum atomic E-state index is 6.11. The van der Waals surface area contributed by atoms with Gasteiger partial charge in [-0.3, -0.25) is 4.68 Å². The molecule has 2 aromatic carbocycles. The lowest BCUT2D eigenvalue weighted by molar-refractivity contribution is -0.209. The van der Waals surface area contributed by atoms with Gasteiger partial charge in [0, 0.05) is 29.3 Å². The van der Waals surface area contributed by atoms with Crippen LogP contribution in [0.25, 0.3) is 22.5 Å². The predicted octanol–water partition coefficient (Wildman–Crippen LogP) is 5.70. The van der Waals surface area contributed by atoms with Gasteiger partial charge in [0.25, 0.3) is 0 Å². The Morgan fingerprint density at radius 3 is 2.24 bits per heavy atom. The summed E-state index contributed by atoms with van der Waals surface area (Å²) in [5, 5.41) is 4.55. The fourth-order valence-corrected chi connectivity index (χ4v) is 4.42. The summed E-state index contributed by atoms with van der Waals surface area (Å²) >= 11 is 0. The number of nitrogens with one attached hydrogen (secondary N) is 1. The van der Waals surface area contributed by atoms with Crippen LogP contribution in [-0.4, -0.2) is 33.0 Å². The second-order valence-corrected chi connectivity index (χ2v) is 8.73. The van der Waals surface area contributed by atoms with Gasteiger partial charge in [-0.25, -0.2) is 4.98 Å². The molecule has 1 saturated heterocycles. The van der Waals surface area contributed by atoms with E-state index in [4.69, 9.17) is 14.5 Å². The minimum Gasteiger partial charge on any atom is -0.346 e. The average molecular weight is 443 g/mol. The van der Waals surface area contributed by atoms with E-state index in [0.717, 1.165) is 47.6 Å². The maximum absolute atomic E-state index is 6.11. The van der Waals surface area contributed by atoms with Gasteiger partial charge in [0.15, 0.2) is 5.82 Å². The molecule has 3 heterocycles. The molecule has 4 aromatic rings. The predicted molar refractivity (Wildman–Crippen MR) is 129 cm³/mol. The summed E-state index contributed by atoms with van der Waals surface area (Å²) in [5.74, 6) is 1.10. The molecule has 0 aliphatic carbocycles. The molecule has 5 rings (SSSR count). The van der Waals surface area contributed by atoms with Gasteiger partial charge >= 0.3 is 0 Å². The van der Waals surface area contributed by atoms with Crippen molar-refractivity contribution in [1.82, 2.24) is 19.7 Å². The largest absolute Gasteiger partial charge is 0.346 e. The van der Waals surface area contributed by atoms with E-state index in [2.05, 4.69) is 52.0 Å². The highest BCUT2D eigenvalue weighted by Gasteiger charge is 2.27. The second-order valence-electron chi connectivity index (χ2n) is 8.73. The number of aromatic amines is 1. The fourth-order valence-electron chi connectivity index (χ4n) is 4.42. The van der Waals surface area contributed by atoms with Crippen molar-refractivity contribution in [2.45, 2.75) is 39.5 Å². The molecule has 1 fully saturated rings. The molecule has 1 N–H and O–H groups in total. The fraction of sp³-hybridized carbons (Fsp3) is 0.333. The van der Waals surface area contributed by atoms with Crippen molar-refractivity contribution in [3.8, 4) is 22.5 Å². The summed E-state index contributed by atoms with van der Waals surface area (Å²) in [6.45, 7) is 6.41. The molecule has 0 radical (unpaired) electrons. The minimum absolute atomic E-state index is 0.385. The van der Waals surface area contributed by atoms with Crippen molar-refractivity contribution in [1.29, 1.82) is 0 Å². The molecule has 1 aliphatic heterocycles. The summed E-state index contributed by atoms with van der Waals surface area (Å²) in [5.41, 5.74) is 6.34. The normalized spacial score (nSPS) is 18.5. The number of aryl methyl sites for hydroxylation is 3. The molecule has 0 spiro atoms. The highest BCUT2D eigenvalue weighted by atomic mass is 16.7. The Kier molecular flexibility index (Phi) is 6.37. The maximum Gasteiger partial charge on any atom is 0.217 e. The van der Waals surface area contributed by atoms with E-state index in [1.807, 2.05) is 43.3 Å². The van der Waals surface area contributed by atoms with Crippen LogP contribution in [0.15, 0.2) is 66.7 Å². The molecule has 0 atom stereocenters. The summed E-state index contributed by atoms with van der Waals surface area (Å²) in [6.07, 6.45) is 1.63. The van der Waals surface area contributed by atoms with Crippen LogP contribution in [0.5, 0.6) is 0 Å². The molecular formula is C27H30N4O2. The Bertz CT molecular complexity index is 1120. The van der Waals surface area contributed by atoms with Crippen LogP contribution in [0, 0.1) is 19.8 Å². The molecule has 0 unspecified atom stereocenters. The van der Waals surface area contributed by atoms with Crippen LogP contribution in [0.2, 0.25) is 0 Å². The number of benzene rings is 2. The van der Waals surface area contributed by atoms with E-state index >= 15 is 0 Å². The third-order valence-electron chi connectivity index (χ3n) is 6.11. The lowest BCUT2D eigenvalue weighted by Crippen LogP contribution is -2.28. The molecule has 170 valence electrons. The minimum atomic E-state index is -0.475. The Labute approximate surface area is 194 Å². The monoisotopic (exact) mass is 442 g/mol. The van der Waals surface area contributed by atoms with E-state index in [-0.39, 0.29) is 0 Å². The number of imidazole rings is 1. The van der Waals surface area contributed by atoms with E-state index in [1.54, 1.807) is 0 Å². The number of hydrogen-bond donors (Lipinski definition) is 1. The van der Waals surface area contributed by atoms with Crippen molar-refractivity contribution in [3.05, 3.63) is 83.9 Å². The van der Waals surface area contributed by atoms with Crippen LogP contribution >= 0.6 is 0 Å². The third-order valence-corrected chi connectivity index (χ3v) is 6.11. The summed E-state index contributed by atoms with van der Waals surface area (Å²) in [4.78, 5) is 8.38. The van der Waals surface area contributed by atoms with Crippen LogP contribution in [0.4, 0.5) is 0 Å².